The molecule has 2 N–H and O–H groups in total. The van der Waals surface area contributed by atoms with Crippen LogP contribution in [0.4, 0.5) is 0 Å². The van der Waals surface area contributed by atoms with Crippen LogP contribution in [-0.4, -0.2) is 49.8 Å². The molecule has 1 atom stereocenters. The lowest BCUT2D eigenvalue weighted by molar-refractivity contribution is -0.136. The van der Waals surface area contributed by atoms with Crippen LogP contribution < -0.4 is 5.32 Å². The van der Waals surface area contributed by atoms with Crippen LogP contribution in [0.5, 0.6) is 0 Å². The first kappa shape index (κ1) is 17.1. The minimum Gasteiger partial charge on any atom is -0.481 e. The van der Waals surface area contributed by atoms with Crippen LogP contribution in [-0.2, 0) is 22.6 Å². The Hall–Kier alpha value is -1.22. The second kappa shape index (κ2) is 8.42. The molecule has 0 bridgehead atoms. The van der Waals surface area contributed by atoms with Gasteiger partial charge in [-0.25, -0.2) is 0 Å². The number of carboxylic acid groups (broad SMARTS) is 1. The summed E-state index contributed by atoms with van der Waals surface area (Å²) in [6.07, 6.45) is 1.77. The molecule has 0 saturated carbocycles. The fourth-order valence-electron chi connectivity index (χ4n) is 2.28. The van der Waals surface area contributed by atoms with Crippen LogP contribution in [0, 0.1) is 12.8 Å². The number of nitrogens with one attached hydrogen (secondary N) is 1. The van der Waals surface area contributed by atoms with Crippen molar-refractivity contribution < 1.29 is 14.7 Å². The van der Waals surface area contributed by atoms with Crippen molar-refractivity contribution in [2.24, 2.45) is 5.92 Å². The van der Waals surface area contributed by atoms with E-state index in [9.17, 15) is 9.59 Å². The van der Waals surface area contributed by atoms with Gasteiger partial charge in [-0.3, -0.25) is 9.59 Å². The zero-order chi connectivity index (χ0) is 15.9. The van der Waals surface area contributed by atoms with E-state index in [1.807, 2.05) is 11.5 Å². The number of rotatable bonds is 8. The van der Waals surface area contributed by atoms with E-state index in [0.29, 0.717) is 18.8 Å². The van der Waals surface area contributed by atoms with Crippen LogP contribution in [0.15, 0.2) is 0 Å². The van der Waals surface area contributed by atoms with Crippen molar-refractivity contribution in [2.45, 2.75) is 32.7 Å². The maximum absolute atomic E-state index is 12.2. The molecule has 1 aliphatic rings. The van der Waals surface area contributed by atoms with E-state index in [-0.39, 0.29) is 18.2 Å². The molecule has 1 amide bonds. The Kier molecular flexibility index (Phi) is 6.56. The largest absolute Gasteiger partial charge is 0.481 e. The number of hydrogen-bond acceptors (Lipinski definition) is 6. The molecule has 122 valence electrons. The van der Waals surface area contributed by atoms with Gasteiger partial charge in [0.25, 0.3) is 0 Å². The van der Waals surface area contributed by atoms with Gasteiger partial charge in [0.15, 0.2) is 0 Å². The third kappa shape index (κ3) is 4.91. The molecule has 2 rings (SSSR count). The van der Waals surface area contributed by atoms with Gasteiger partial charge in [0, 0.05) is 31.0 Å². The summed E-state index contributed by atoms with van der Waals surface area (Å²) < 4.78 is 2.02. The number of nitrogens with zero attached hydrogens (tertiary/aromatic N) is 3. The van der Waals surface area contributed by atoms with Gasteiger partial charge in [-0.2, -0.15) is 0 Å². The average Bonchev–Trinajstić information content (AvgIpc) is 2.86. The van der Waals surface area contributed by atoms with Crippen molar-refractivity contribution in [3.63, 3.8) is 0 Å². The lowest BCUT2D eigenvalue weighted by atomic mass is 9.98. The number of carbonyl (C=O) groups is 2. The zero-order valence-electron chi connectivity index (χ0n) is 12.4. The summed E-state index contributed by atoms with van der Waals surface area (Å²) >= 11 is 0. The third-order valence-electron chi connectivity index (χ3n) is 3.47. The van der Waals surface area contributed by atoms with Gasteiger partial charge >= 0.3 is 5.97 Å². The molecule has 1 aromatic rings. The molecule has 0 saturated heterocycles. The van der Waals surface area contributed by atoms with Crippen molar-refractivity contribution in [3.8, 4) is 0 Å². The Labute approximate surface area is 137 Å². The summed E-state index contributed by atoms with van der Waals surface area (Å²) in [6, 6.07) is 0. The number of hydrogen-bond donors (Lipinski definition) is 2. The quantitative estimate of drug-likeness (QED) is 0.539. The Balaban J connectivity index is 1.62. The molecule has 9 heteroatoms. The molecule has 0 aliphatic carbocycles. The van der Waals surface area contributed by atoms with Gasteiger partial charge < -0.3 is 15.0 Å². The van der Waals surface area contributed by atoms with Crippen molar-refractivity contribution in [3.05, 3.63) is 11.6 Å². The van der Waals surface area contributed by atoms with Crippen LogP contribution >= 0.6 is 21.6 Å². The molecule has 0 spiro atoms. The van der Waals surface area contributed by atoms with Gasteiger partial charge in [0.1, 0.15) is 11.6 Å². The topological polar surface area (TPSA) is 97.1 Å². The highest BCUT2D eigenvalue weighted by atomic mass is 33.1. The molecule has 0 aromatic carbocycles. The number of aromatic nitrogens is 3. The monoisotopic (exact) mass is 344 g/mol. The highest BCUT2D eigenvalue weighted by Crippen LogP contribution is 2.22. The lowest BCUT2D eigenvalue weighted by Gasteiger charge is -2.23. The Morgan fingerprint density at radius 3 is 2.91 bits per heavy atom. The fourth-order valence-corrected chi connectivity index (χ4v) is 4.17. The predicted molar refractivity (Wildman–Crippen MR) is 86.7 cm³/mol. The molecule has 1 aromatic heterocycles. The minimum atomic E-state index is -0.776. The molecule has 7 nitrogen and oxygen atoms in total. The van der Waals surface area contributed by atoms with E-state index < -0.39 is 5.97 Å². The average molecular weight is 344 g/mol. The molecule has 22 heavy (non-hydrogen) atoms. The Morgan fingerprint density at radius 1 is 1.36 bits per heavy atom. The highest BCUT2D eigenvalue weighted by Gasteiger charge is 2.26. The first-order chi connectivity index (χ1) is 10.6. The number of carboxylic acids is 1. The first-order valence-corrected chi connectivity index (χ1v) is 9.69. The van der Waals surface area contributed by atoms with E-state index in [1.54, 1.807) is 10.8 Å². The van der Waals surface area contributed by atoms with E-state index in [0.717, 1.165) is 30.2 Å². The number of aliphatic carboxylic acids is 1. The van der Waals surface area contributed by atoms with Gasteiger partial charge in [0.05, 0.1) is 12.3 Å². The third-order valence-corrected chi connectivity index (χ3v) is 5.88. The van der Waals surface area contributed by atoms with Crippen LogP contribution in [0.1, 0.15) is 24.5 Å². The van der Waals surface area contributed by atoms with Crippen LogP contribution in [0.2, 0.25) is 0 Å². The second-order valence-corrected chi connectivity index (χ2v) is 7.79. The minimum absolute atomic E-state index is 0.0214. The lowest BCUT2D eigenvalue weighted by Crippen LogP contribution is -2.37. The Bertz CT molecular complexity index is 535. The van der Waals surface area contributed by atoms with Gasteiger partial charge in [-0.1, -0.05) is 21.6 Å². The normalized spacial score (nSPS) is 17.0. The molecule has 0 fully saturated rings. The molecule has 0 radical (unpaired) electrons. The summed E-state index contributed by atoms with van der Waals surface area (Å²) in [5.74, 6) is 2.47. The fraction of sp³-hybridized carbons (Fsp3) is 0.692. The van der Waals surface area contributed by atoms with E-state index in [2.05, 4.69) is 15.5 Å². The van der Waals surface area contributed by atoms with Crippen molar-refractivity contribution >= 4 is 33.5 Å². The summed E-state index contributed by atoms with van der Waals surface area (Å²) in [5, 5.41) is 19.6. The molecular weight excluding hydrogens is 324 g/mol. The molecular formula is C13H20N4O3S2. The van der Waals surface area contributed by atoms with Gasteiger partial charge in [0.2, 0.25) is 5.91 Å². The summed E-state index contributed by atoms with van der Waals surface area (Å²) in [4.78, 5) is 22.5. The smallest absolute Gasteiger partial charge is 0.304 e. The molecule has 1 unspecified atom stereocenters. The van der Waals surface area contributed by atoms with E-state index in [4.69, 9.17) is 5.11 Å². The van der Waals surface area contributed by atoms with Crippen molar-refractivity contribution in [1.29, 1.82) is 0 Å². The second-order valence-electron chi connectivity index (χ2n) is 5.09. The first-order valence-electron chi connectivity index (χ1n) is 7.20. The highest BCUT2D eigenvalue weighted by molar-refractivity contribution is 8.76. The van der Waals surface area contributed by atoms with Gasteiger partial charge in [-0.05, 0) is 13.3 Å². The maximum Gasteiger partial charge on any atom is 0.304 e. The number of fused-ring (bicyclic) bond motifs is 1. The van der Waals surface area contributed by atoms with E-state index >= 15 is 0 Å². The summed E-state index contributed by atoms with van der Waals surface area (Å²) in [6.45, 7) is 3.16. The van der Waals surface area contributed by atoms with Crippen LogP contribution in [0.3, 0.4) is 0 Å². The van der Waals surface area contributed by atoms with Crippen molar-refractivity contribution in [2.75, 3.05) is 18.1 Å². The summed E-state index contributed by atoms with van der Waals surface area (Å²) in [5.41, 5.74) is 0. The number of aryl methyl sites for hydroxylation is 2. The zero-order valence-corrected chi connectivity index (χ0v) is 14.1. The van der Waals surface area contributed by atoms with Gasteiger partial charge in [-0.15, -0.1) is 10.2 Å². The van der Waals surface area contributed by atoms with Crippen LogP contribution in [0.25, 0.3) is 0 Å². The number of amides is 1. The maximum atomic E-state index is 12.2. The Morgan fingerprint density at radius 2 is 2.14 bits per heavy atom. The molecule has 2 heterocycles. The standard InChI is InChI=1S/C13H20N4O3S2/c1-9-15-16-11-3-2-10(8-17(9)11)13(20)14-5-7-22-21-6-4-12(18)19/h10H,2-8H2,1H3,(H,14,20)(H,18,19). The number of carbonyl (C=O) groups excluding carboxylic acids is 1. The predicted octanol–water partition coefficient (Wildman–Crippen LogP) is 1.12. The molecule has 1 aliphatic heterocycles. The summed E-state index contributed by atoms with van der Waals surface area (Å²) in [7, 11) is 3.12. The van der Waals surface area contributed by atoms with E-state index in [1.165, 1.54) is 10.8 Å². The van der Waals surface area contributed by atoms with Crippen molar-refractivity contribution in [1.82, 2.24) is 20.1 Å². The SMILES string of the molecule is Cc1nnc2n1CC(C(=O)NCCSSCCC(=O)O)CC2.